The van der Waals surface area contributed by atoms with E-state index < -0.39 is 5.97 Å². The summed E-state index contributed by atoms with van der Waals surface area (Å²) in [7, 11) is 0. The van der Waals surface area contributed by atoms with Gasteiger partial charge in [0.05, 0.1) is 6.61 Å². The van der Waals surface area contributed by atoms with Gasteiger partial charge in [-0.15, -0.1) is 0 Å². The van der Waals surface area contributed by atoms with Crippen molar-refractivity contribution in [3.05, 3.63) is 0 Å². The van der Waals surface area contributed by atoms with Gasteiger partial charge in [-0.1, -0.05) is 0 Å². The molecule has 0 aliphatic heterocycles. The maximum Gasteiger partial charge on any atom is 0.313 e. The van der Waals surface area contributed by atoms with Gasteiger partial charge in [0.15, 0.2) is 0 Å². The number of ketones is 1. The van der Waals surface area contributed by atoms with Crippen LogP contribution in [0.25, 0.3) is 0 Å². The molecule has 0 unspecified atom stereocenters. The monoisotopic (exact) mass is 310 g/mol. The van der Waals surface area contributed by atoms with Gasteiger partial charge >= 0.3 is 5.97 Å². The molecule has 0 saturated heterocycles. The summed E-state index contributed by atoms with van der Waals surface area (Å²) in [4.78, 5) is 20.6. The molecule has 0 aromatic rings. The summed E-state index contributed by atoms with van der Waals surface area (Å²) in [5.74, 6) is -0.599. The van der Waals surface area contributed by atoms with E-state index in [2.05, 4.69) is 4.74 Å². The van der Waals surface area contributed by atoms with E-state index in [-0.39, 0.29) is 38.0 Å². The van der Waals surface area contributed by atoms with Gasteiger partial charge in [-0.25, -0.2) is 0 Å². The SMILES string of the molecule is CCOC(=O)CC(C)=O.[Hf]. The molecule has 56 valence electrons. The number of hydrogen-bond donors (Lipinski definition) is 0. The third-order valence-electron chi connectivity index (χ3n) is 0.699. The van der Waals surface area contributed by atoms with Crippen LogP contribution >= 0.6 is 0 Å². The Kier molecular flexibility index (Phi) is 9.02. The number of ether oxygens (including phenoxy) is 1. The Hall–Kier alpha value is 0.0101. The maximum atomic E-state index is 10.4. The van der Waals surface area contributed by atoms with Crippen LogP contribution in [0, 0.1) is 0 Å². The van der Waals surface area contributed by atoms with Crippen molar-refractivity contribution >= 4 is 11.8 Å². The van der Waals surface area contributed by atoms with Crippen LogP contribution in [-0.2, 0) is 40.2 Å². The number of carbonyl (C=O) groups excluding carboxylic acids is 2. The van der Waals surface area contributed by atoms with Gasteiger partial charge in [0, 0.05) is 25.8 Å². The fraction of sp³-hybridized carbons (Fsp3) is 0.667. The Bertz CT molecular complexity index is 122. The minimum Gasteiger partial charge on any atom is -0.466 e. The number of esters is 1. The molecule has 4 heteroatoms. The summed E-state index contributed by atoms with van der Waals surface area (Å²) in [6.07, 6.45) is -0.103. The molecule has 10 heavy (non-hydrogen) atoms. The van der Waals surface area contributed by atoms with E-state index in [0.29, 0.717) is 6.61 Å². The van der Waals surface area contributed by atoms with Crippen molar-refractivity contribution in [1.82, 2.24) is 0 Å². The summed E-state index contributed by atoms with van der Waals surface area (Å²) < 4.78 is 4.49. The molecule has 0 aliphatic rings. The second-order valence-corrected chi connectivity index (χ2v) is 1.68. The molecular formula is C6H10HfO3. The Labute approximate surface area is 78.9 Å². The van der Waals surface area contributed by atoms with Crippen LogP contribution in [0.4, 0.5) is 0 Å². The van der Waals surface area contributed by atoms with Crippen molar-refractivity contribution in [2.24, 2.45) is 0 Å². The van der Waals surface area contributed by atoms with Crippen LogP contribution in [-0.4, -0.2) is 18.4 Å². The fourth-order valence-corrected chi connectivity index (χ4v) is 0.415. The quantitative estimate of drug-likeness (QED) is 0.434. The van der Waals surface area contributed by atoms with Crippen molar-refractivity contribution < 1.29 is 40.2 Å². The maximum absolute atomic E-state index is 10.4. The van der Waals surface area contributed by atoms with Crippen LogP contribution in [0.2, 0.25) is 0 Å². The molecule has 0 aliphatic carbocycles. The number of Topliss-reactive ketones (excluding diaryl/α,β-unsaturated/α-hetero) is 1. The van der Waals surface area contributed by atoms with E-state index in [9.17, 15) is 9.59 Å². The molecule has 3 nitrogen and oxygen atoms in total. The van der Waals surface area contributed by atoms with E-state index >= 15 is 0 Å². The molecule has 0 saturated carbocycles. The summed E-state index contributed by atoms with van der Waals surface area (Å²) in [6, 6.07) is 0. The molecule has 0 heterocycles. The average molecular weight is 309 g/mol. The smallest absolute Gasteiger partial charge is 0.313 e. The van der Waals surface area contributed by atoms with Crippen LogP contribution in [0.15, 0.2) is 0 Å². The number of hydrogen-bond acceptors (Lipinski definition) is 3. The molecule has 0 atom stereocenters. The molecule has 0 N–H and O–H groups in total. The van der Waals surface area contributed by atoms with Crippen LogP contribution in [0.3, 0.4) is 0 Å². The predicted molar refractivity (Wildman–Crippen MR) is 31.9 cm³/mol. The van der Waals surface area contributed by atoms with E-state index in [1.54, 1.807) is 6.92 Å². The largest absolute Gasteiger partial charge is 0.466 e. The summed E-state index contributed by atoms with van der Waals surface area (Å²) in [6.45, 7) is 3.40. The van der Waals surface area contributed by atoms with Crippen molar-refractivity contribution in [3.63, 3.8) is 0 Å². The van der Waals surface area contributed by atoms with Crippen molar-refractivity contribution in [3.8, 4) is 0 Å². The van der Waals surface area contributed by atoms with E-state index in [1.807, 2.05) is 0 Å². The third-order valence-corrected chi connectivity index (χ3v) is 0.699. The van der Waals surface area contributed by atoms with Crippen molar-refractivity contribution in [2.75, 3.05) is 6.61 Å². The Balaban J connectivity index is 0. The van der Waals surface area contributed by atoms with Gasteiger partial charge in [-0.3, -0.25) is 9.59 Å². The first-order valence-electron chi connectivity index (χ1n) is 2.82. The minimum absolute atomic E-state index is 0. The van der Waals surface area contributed by atoms with E-state index in [1.165, 1.54) is 6.92 Å². The molecule has 0 amide bonds. The van der Waals surface area contributed by atoms with Gasteiger partial charge in [0.2, 0.25) is 0 Å². The average Bonchev–Trinajstić information content (AvgIpc) is 1.63. The van der Waals surface area contributed by atoms with Crippen LogP contribution < -0.4 is 0 Å². The van der Waals surface area contributed by atoms with Gasteiger partial charge in [0.1, 0.15) is 12.2 Å². The van der Waals surface area contributed by atoms with Gasteiger partial charge in [-0.05, 0) is 13.8 Å². The molecule has 0 aromatic carbocycles. The summed E-state index contributed by atoms with van der Waals surface area (Å²) in [5.41, 5.74) is 0. The normalized spacial score (nSPS) is 7.80. The molecule has 0 spiro atoms. The molecule has 0 bridgehead atoms. The number of carbonyl (C=O) groups is 2. The fourth-order valence-electron chi connectivity index (χ4n) is 0.415. The Morgan fingerprint density at radius 3 is 2.20 bits per heavy atom. The van der Waals surface area contributed by atoms with E-state index in [4.69, 9.17) is 0 Å². The first kappa shape index (κ1) is 12.7. The van der Waals surface area contributed by atoms with Gasteiger partial charge in [-0.2, -0.15) is 0 Å². The van der Waals surface area contributed by atoms with Gasteiger partial charge < -0.3 is 4.74 Å². The van der Waals surface area contributed by atoms with Crippen molar-refractivity contribution in [1.29, 1.82) is 0 Å². The first-order valence-corrected chi connectivity index (χ1v) is 2.82. The minimum atomic E-state index is -0.440. The predicted octanol–water partition coefficient (Wildman–Crippen LogP) is 0.526. The van der Waals surface area contributed by atoms with E-state index in [0.717, 1.165) is 0 Å². The Morgan fingerprint density at radius 1 is 1.40 bits per heavy atom. The van der Waals surface area contributed by atoms with Crippen LogP contribution in [0.5, 0.6) is 0 Å². The number of rotatable bonds is 3. The zero-order valence-electron chi connectivity index (χ0n) is 6.14. The molecule has 0 fully saturated rings. The summed E-state index contributed by atoms with van der Waals surface area (Å²) in [5, 5.41) is 0. The summed E-state index contributed by atoms with van der Waals surface area (Å²) >= 11 is 0. The first-order chi connectivity index (χ1) is 4.16. The molecular weight excluding hydrogens is 299 g/mol. The zero-order chi connectivity index (χ0) is 7.28. The topological polar surface area (TPSA) is 43.4 Å². The standard InChI is InChI=1S/C6H10O3.Hf/c1-3-9-6(8)4-5(2)7;/h3-4H2,1-2H3;. The molecule has 0 aromatic heterocycles. The van der Waals surface area contributed by atoms with Gasteiger partial charge in [0.25, 0.3) is 0 Å². The Morgan fingerprint density at radius 2 is 1.90 bits per heavy atom. The second-order valence-electron chi connectivity index (χ2n) is 1.68. The van der Waals surface area contributed by atoms with Crippen LogP contribution in [0.1, 0.15) is 20.3 Å². The second kappa shape index (κ2) is 7.12. The van der Waals surface area contributed by atoms with Crippen molar-refractivity contribution in [2.45, 2.75) is 20.3 Å². The molecule has 0 rings (SSSR count). The third kappa shape index (κ3) is 8.01. The zero-order valence-corrected chi connectivity index (χ0v) is 9.73. The molecule has 0 radical (unpaired) electrons.